The molecule has 31 heavy (non-hydrogen) atoms. The number of methoxy groups -OCH3 is 1. The van der Waals surface area contributed by atoms with E-state index in [-0.39, 0.29) is 18.1 Å². The standard InChI is InChI=1S/C22H28N6O3/c1-27-9-7-19(26-27)20-13-18(21(14-24-20)28-10-8-23-15-28)22(29)25-16-3-5-17(6-4-16)31-12-11-30-2/h7-10,13-17H,3-6,11-12H2,1-2H3,(H,25,29). The third kappa shape index (κ3) is 5.18. The predicted octanol–water partition coefficient (Wildman–Crippen LogP) is 2.37. The molecule has 0 radical (unpaired) electrons. The Kier molecular flexibility index (Phi) is 6.73. The number of ether oxygens (including phenoxy) is 2. The summed E-state index contributed by atoms with van der Waals surface area (Å²) in [5.41, 5.74) is 2.62. The summed E-state index contributed by atoms with van der Waals surface area (Å²) >= 11 is 0. The van der Waals surface area contributed by atoms with Crippen molar-refractivity contribution in [3.8, 4) is 17.1 Å². The number of nitrogens with zero attached hydrogens (tertiary/aromatic N) is 5. The second-order valence-corrected chi connectivity index (χ2v) is 7.74. The van der Waals surface area contributed by atoms with E-state index in [0.29, 0.717) is 30.2 Å². The van der Waals surface area contributed by atoms with Gasteiger partial charge in [-0.3, -0.25) is 14.5 Å². The van der Waals surface area contributed by atoms with Crippen LogP contribution in [0.15, 0.2) is 43.2 Å². The third-order valence-electron chi connectivity index (χ3n) is 5.54. The molecular weight excluding hydrogens is 396 g/mol. The lowest BCUT2D eigenvalue weighted by Crippen LogP contribution is -2.39. The van der Waals surface area contributed by atoms with Gasteiger partial charge in [-0.25, -0.2) is 4.98 Å². The quantitative estimate of drug-likeness (QED) is 0.558. The van der Waals surface area contributed by atoms with E-state index in [1.165, 1.54) is 0 Å². The van der Waals surface area contributed by atoms with Crippen LogP contribution in [0.4, 0.5) is 0 Å². The first-order valence-corrected chi connectivity index (χ1v) is 10.5. The highest BCUT2D eigenvalue weighted by atomic mass is 16.5. The number of aromatic nitrogens is 5. The largest absolute Gasteiger partial charge is 0.382 e. The summed E-state index contributed by atoms with van der Waals surface area (Å²) in [5, 5.41) is 7.61. The zero-order valence-corrected chi connectivity index (χ0v) is 17.9. The molecule has 3 aromatic heterocycles. The summed E-state index contributed by atoms with van der Waals surface area (Å²) in [6.45, 7) is 1.22. The van der Waals surface area contributed by atoms with Crippen LogP contribution in [0.1, 0.15) is 36.0 Å². The second kappa shape index (κ2) is 9.84. The maximum absolute atomic E-state index is 13.3. The van der Waals surface area contributed by atoms with Gasteiger partial charge < -0.3 is 19.4 Å². The molecule has 1 aliphatic rings. The van der Waals surface area contributed by atoms with Gasteiger partial charge in [0.05, 0.1) is 48.8 Å². The summed E-state index contributed by atoms with van der Waals surface area (Å²) in [4.78, 5) is 21.9. The van der Waals surface area contributed by atoms with Crippen molar-refractivity contribution in [2.24, 2.45) is 7.05 Å². The third-order valence-corrected chi connectivity index (χ3v) is 5.54. The molecule has 0 atom stereocenters. The van der Waals surface area contributed by atoms with E-state index in [1.807, 2.05) is 19.3 Å². The van der Waals surface area contributed by atoms with Gasteiger partial charge in [0, 0.05) is 38.8 Å². The lowest BCUT2D eigenvalue weighted by molar-refractivity contribution is -0.00408. The molecule has 164 valence electrons. The second-order valence-electron chi connectivity index (χ2n) is 7.74. The molecule has 1 N–H and O–H groups in total. The van der Waals surface area contributed by atoms with Gasteiger partial charge in [0.15, 0.2) is 0 Å². The lowest BCUT2D eigenvalue weighted by Gasteiger charge is -2.29. The highest BCUT2D eigenvalue weighted by Crippen LogP contribution is 2.24. The molecule has 1 fully saturated rings. The van der Waals surface area contributed by atoms with E-state index >= 15 is 0 Å². The number of pyridine rings is 1. The number of hydrogen-bond donors (Lipinski definition) is 1. The number of nitrogens with one attached hydrogen (secondary N) is 1. The van der Waals surface area contributed by atoms with Crippen molar-refractivity contribution in [1.82, 2.24) is 29.6 Å². The number of rotatable bonds is 8. The lowest BCUT2D eigenvalue weighted by atomic mass is 9.92. The van der Waals surface area contributed by atoms with Gasteiger partial charge in [-0.1, -0.05) is 0 Å². The summed E-state index contributed by atoms with van der Waals surface area (Å²) in [5.74, 6) is -0.118. The minimum absolute atomic E-state index is 0.118. The molecule has 1 amide bonds. The van der Waals surface area contributed by atoms with E-state index in [2.05, 4.69) is 20.4 Å². The van der Waals surface area contributed by atoms with Crippen molar-refractivity contribution in [2.75, 3.05) is 20.3 Å². The summed E-state index contributed by atoms with van der Waals surface area (Å²) in [6, 6.07) is 3.80. The maximum Gasteiger partial charge on any atom is 0.253 e. The molecule has 4 rings (SSSR count). The molecular formula is C22H28N6O3. The van der Waals surface area contributed by atoms with Crippen molar-refractivity contribution in [3.63, 3.8) is 0 Å². The van der Waals surface area contributed by atoms with Crippen LogP contribution in [0.25, 0.3) is 17.1 Å². The van der Waals surface area contributed by atoms with Crippen LogP contribution in [-0.4, -0.2) is 62.7 Å². The van der Waals surface area contributed by atoms with Crippen LogP contribution in [0, 0.1) is 0 Å². The highest BCUT2D eigenvalue weighted by Gasteiger charge is 2.25. The molecule has 9 heteroatoms. The van der Waals surface area contributed by atoms with Crippen LogP contribution < -0.4 is 5.32 Å². The number of hydrogen-bond acceptors (Lipinski definition) is 6. The number of imidazole rings is 1. The Morgan fingerprint density at radius 2 is 2.03 bits per heavy atom. The van der Waals surface area contributed by atoms with E-state index in [0.717, 1.165) is 31.4 Å². The molecule has 0 aromatic carbocycles. The average Bonchev–Trinajstić information content (AvgIpc) is 3.47. The normalized spacial score (nSPS) is 18.8. The number of aryl methyl sites for hydroxylation is 1. The first-order chi connectivity index (χ1) is 15.1. The Morgan fingerprint density at radius 1 is 1.19 bits per heavy atom. The van der Waals surface area contributed by atoms with Gasteiger partial charge in [0.25, 0.3) is 5.91 Å². The van der Waals surface area contributed by atoms with Crippen LogP contribution >= 0.6 is 0 Å². The van der Waals surface area contributed by atoms with Gasteiger partial charge in [0.1, 0.15) is 5.69 Å². The summed E-state index contributed by atoms with van der Waals surface area (Å²) in [7, 11) is 3.53. The Bertz CT molecular complexity index is 993. The molecule has 0 bridgehead atoms. The molecule has 0 saturated heterocycles. The van der Waals surface area contributed by atoms with Crippen LogP contribution in [-0.2, 0) is 16.5 Å². The molecule has 1 aliphatic carbocycles. The predicted molar refractivity (Wildman–Crippen MR) is 115 cm³/mol. The van der Waals surface area contributed by atoms with Crippen molar-refractivity contribution in [2.45, 2.75) is 37.8 Å². The van der Waals surface area contributed by atoms with Crippen molar-refractivity contribution in [3.05, 3.63) is 48.8 Å². The smallest absolute Gasteiger partial charge is 0.253 e. The maximum atomic E-state index is 13.3. The minimum Gasteiger partial charge on any atom is -0.382 e. The fourth-order valence-corrected chi connectivity index (χ4v) is 3.86. The number of carbonyl (C=O) groups excluding carboxylic acids is 1. The van der Waals surface area contributed by atoms with Crippen LogP contribution in [0.5, 0.6) is 0 Å². The molecule has 0 aliphatic heterocycles. The van der Waals surface area contributed by atoms with Gasteiger partial charge >= 0.3 is 0 Å². The van der Waals surface area contributed by atoms with E-state index in [1.54, 1.807) is 47.3 Å². The SMILES string of the molecule is COCCOC1CCC(NC(=O)c2cc(-c3ccn(C)n3)ncc2-n2ccnc2)CC1. The Morgan fingerprint density at radius 3 is 2.71 bits per heavy atom. The summed E-state index contributed by atoms with van der Waals surface area (Å²) in [6.07, 6.45) is 12.6. The Balaban J connectivity index is 1.48. The molecule has 3 heterocycles. The Hall–Kier alpha value is -3.04. The molecule has 0 spiro atoms. The molecule has 9 nitrogen and oxygen atoms in total. The van der Waals surface area contributed by atoms with Crippen LogP contribution in [0.3, 0.4) is 0 Å². The zero-order valence-electron chi connectivity index (χ0n) is 17.9. The van der Waals surface area contributed by atoms with Gasteiger partial charge in [-0.05, 0) is 37.8 Å². The number of amides is 1. The van der Waals surface area contributed by atoms with Crippen molar-refractivity contribution >= 4 is 5.91 Å². The van der Waals surface area contributed by atoms with E-state index in [4.69, 9.17) is 9.47 Å². The topological polar surface area (TPSA) is 96.1 Å². The Labute approximate surface area is 181 Å². The number of carbonyl (C=O) groups is 1. The van der Waals surface area contributed by atoms with Gasteiger partial charge in [0.2, 0.25) is 0 Å². The van der Waals surface area contributed by atoms with Crippen LogP contribution in [0.2, 0.25) is 0 Å². The molecule has 1 saturated carbocycles. The van der Waals surface area contributed by atoms with E-state index in [9.17, 15) is 4.79 Å². The summed E-state index contributed by atoms with van der Waals surface area (Å²) < 4.78 is 14.4. The van der Waals surface area contributed by atoms with Crippen molar-refractivity contribution in [1.29, 1.82) is 0 Å². The fraction of sp³-hybridized carbons (Fsp3) is 0.455. The molecule has 3 aromatic rings. The average molecular weight is 425 g/mol. The minimum atomic E-state index is -0.118. The molecule has 0 unspecified atom stereocenters. The van der Waals surface area contributed by atoms with E-state index < -0.39 is 0 Å². The first kappa shape index (κ1) is 21.2. The monoisotopic (exact) mass is 424 g/mol. The van der Waals surface area contributed by atoms with Gasteiger partial charge in [-0.15, -0.1) is 0 Å². The van der Waals surface area contributed by atoms with Crippen molar-refractivity contribution < 1.29 is 14.3 Å². The van der Waals surface area contributed by atoms with Gasteiger partial charge in [-0.2, -0.15) is 5.10 Å². The zero-order chi connectivity index (χ0) is 21.6. The highest BCUT2D eigenvalue weighted by molar-refractivity contribution is 5.98. The first-order valence-electron chi connectivity index (χ1n) is 10.5. The fourth-order valence-electron chi connectivity index (χ4n) is 3.86.